The minimum Gasteiger partial charge on any atom is -0.328 e. The van der Waals surface area contributed by atoms with E-state index in [4.69, 9.17) is 5.73 Å². The lowest BCUT2D eigenvalue weighted by molar-refractivity contribution is 0.312. The van der Waals surface area contributed by atoms with Crippen molar-refractivity contribution < 1.29 is 0 Å². The van der Waals surface area contributed by atoms with E-state index in [1.54, 1.807) is 0 Å². The van der Waals surface area contributed by atoms with Crippen LogP contribution < -0.4 is 11.1 Å². The van der Waals surface area contributed by atoms with Gasteiger partial charge in [-0.25, -0.2) is 0 Å². The van der Waals surface area contributed by atoms with E-state index in [-0.39, 0.29) is 0 Å². The Balaban J connectivity index is 1.58. The fourth-order valence-corrected chi connectivity index (χ4v) is 2.66. The van der Waals surface area contributed by atoms with Crippen molar-refractivity contribution in [3.63, 3.8) is 0 Å². The minimum absolute atomic E-state index is 0.496. The number of hydrogen-bond acceptors (Lipinski definition) is 2. The quantitative estimate of drug-likeness (QED) is 0.720. The maximum absolute atomic E-state index is 5.89. The molecule has 2 saturated carbocycles. The van der Waals surface area contributed by atoms with Crippen molar-refractivity contribution in [3.05, 3.63) is 0 Å². The zero-order valence-electron chi connectivity index (χ0n) is 9.34. The molecule has 3 N–H and O–H groups in total. The summed E-state index contributed by atoms with van der Waals surface area (Å²) in [5.74, 6) is 1.90. The normalized spacial score (nSPS) is 42.4. The zero-order chi connectivity index (χ0) is 9.97. The molecule has 2 atom stereocenters. The van der Waals surface area contributed by atoms with E-state index in [0.717, 1.165) is 17.9 Å². The Hall–Kier alpha value is -0.0800. The topological polar surface area (TPSA) is 38.0 Å². The summed E-state index contributed by atoms with van der Waals surface area (Å²) in [5.41, 5.74) is 5.89. The first kappa shape index (κ1) is 10.4. The molecule has 0 aromatic carbocycles. The van der Waals surface area contributed by atoms with Crippen LogP contribution in [0.1, 0.15) is 45.4 Å². The van der Waals surface area contributed by atoms with E-state index in [1.807, 2.05) is 0 Å². The van der Waals surface area contributed by atoms with Gasteiger partial charge < -0.3 is 11.1 Å². The standard InChI is InChI=1S/C12H24N2/c1-2-10-7-12(10)14-8-9-3-5-11(13)6-4-9/h9-12,14H,2-8,13H2,1H3. The second-order valence-corrected chi connectivity index (χ2v) is 5.20. The Morgan fingerprint density at radius 3 is 2.50 bits per heavy atom. The van der Waals surface area contributed by atoms with Gasteiger partial charge in [-0.1, -0.05) is 13.3 Å². The molecule has 0 bridgehead atoms. The smallest absolute Gasteiger partial charge is 0.00991 e. The first-order chi connectivity index (χ1) is 6.79. The third-order valence-corrected chi connectivity index (χ3v) is 4.01. The van der Waals surface area contributed by atoms with Crippen molar-refractivity contribution in [2.24, 2.45) is 17.6 Å². The first-order valence-corrected chi connectivity index (χ1v) is 6.28. The Kier molecular flexibility index (Phi) is 3.45. The van der Waals surface area contributed by atoms with Gasteiger partial charge in [-0.15, -0.1) is 0 Å². The van der Waals surface area contributed by atoms with Gasteiger partial charge in [-0.3, -0.25) is 0 Å². The number of hydrogen-bond donors (Lipinski definition) is 2. The van der Waals surface area contributed by atoms with Gasteiger partial charge in [0.25, 0.3) is 0 Å². The van der Waals surface area contributed by atoms with Crippen molar-refractivity contribution in [1.82, 2.24) is 5.32 Å². The Morgan fingerprint density at radius 1 is 1.21 bits per heavy atom. The monoisotopic (exact) mass is 196 g/mol. The summed E-state index contributed by atoms with van der Waals surface area (Å²) >= 11 is 0. The van der Waals surface area contributed by atoms with Gasteiger partial charge in [0.1, 0.15) is 0 Å². The SMILES string of the molecule is CCC1CC1NCC1CCC(N)CC1. The molecule has 0 amide bonds. The number of nitrogens with two attached hydrogens (primary N) is 1. The van der Waals surface area contributed by atoms with Crippen molar-refractivity contribution in [2.75, 3.05) is 6.54 Å². The molecule has 2 rings (SSSR count). The summed E-state index contributed by atoms with van der Waals surface area (Å²) in [7, 11) is 0. The highest BCUT2D eigenvalue weighted by atomic mass is 15.0. The molecule has 14 heavy (non-hydrogen) atoms. The summed E-state index contributed by atoms with van der Waals surface area (Å²) in [6, 6.07) is 1.35. The van der Waals surface area contributed by atoms with E-state index in [0.29, 0.717) is 6.04 Å². The predicted molar refractivity (Wildman–Crippen MR) is 60.1 cm³/mol. The summed E-state index contributed by atoms with van der Waals surface area (Å²) in [4.78, 5) is 0. The molecule has 0 aromatic heterocycles. The number of rotatable bonds is 4. The fourth-order valence-electron chi connectivity index (χ4n) is 2.66. The lowest BCUT2D eigenvalue weighted by atomic mass is 9.86. The fraction of sp³-hybridized carbons (Fsp3) is 1.00. The van der Waals surface area contributed by atoms with Crippen LogP contribution >= 0.6 is 0 Å². The molecule has 2 nitrogen and oxygen atoms in total. The van der Waals surface area contributed by atoms with Crippen LogP contribution in [0.25, 0.3) is 0 Å². The maximum Gasteiger partial charge on any atom is 0.00991 e. The molecule has 2 fully saturated rings. The van der Waals surface area contributed by atoms with Gasteiger partial charge in [-0.2, -0.15) is 0 Å². The van der Waals surface area contributed by atoms with Crippen LogP contribution in [0.4, 0.5) is 0 Å². The van der Waals surface area contributed by atoms with Crippen LogP contribution in [-0.4, -0.2) is 18.6 Å². The van der Waals surface area contributed by atoms with Crippen LogP contribution in [0.5, 0.6) is 0 Å². The van der Waals surface area contributed by atoms with Crippen LogP contribution in [0.2, 0.25) is 0 Å². The van der Waals surface area contributed by atoms with Crippen LogP contribution in [-0.2, 0) is 0 Å². The molecule has 0 heterocycles. The Bertz CT molecular complexity index is 173. The van der Waals surface area contributed by atoms with Gasteiger partial charge >= 0.3 is 0 Å². The second-order valence-electron chi connectivity index (χ2n) is 5.20. The minimum atomic E-state index is 0.496. The van der Waals surface area contributed by atoms with E-state index >= 15 is 0 Å². The van der Waals surface area contributed by atoms with E-state index in [2.05, 4.69) is 12.2 Å². The molecule has 0 spiro atoms. The maximum atomic E-state index is 5.89. The zero-order valence-corrected chi connectivity index (χ0v) is 9.34. The summed E-state index contributed by atoms with van der Waals surface area (Å²) < 4.78 is 0. The molecule has 2 aliphatic rings. The highest BCUT2D eigenvalue weighted by molar-refractivity contribution is 4.92. The van der Waals surface area contributed by atoms with Crippen molar-refractivity contribution in [2.45, 2.75) is 57.5 Å². The third-order valence-electron chi connectivity index (χ3n) is 4.01. The van der Waals surface area contributed by atoms with Crippen LogP contribution in [0.3, 0.4) is 0 Å². The molecular weight excluding hydrogens is 172 g/mol. The average Bonchev–Trinajstić information content (AvgIpc) is 2.96. The van der Waals surface area contributed by atoms with Gasteiger partial charge in [0, 0.05) is 12.1 Å². The summed E-state index contributed by atoms with van der Waals surface area (Å²) in [5, 5.41) is 3.70. The second kappa shape index (κ2) is 4.63. The highest BCUT2D eigenvalue weighted by Gasteiger charge is 2.35. The molecule has 82 valence electrons. The largest absolute Gasteiger partial charge is 0.328 e. The van der Waals surface area contributed by atoms with Gasteiger partial charge in [0.2, 0.25) is 0 Å². The highest BCUT2D eigenvalue weighted by Crippen LogP contribution is 2.33. The third kappa shape index (κ3) is 2.71. The van der Waals surface area contributed by atoms with E-state index in [1.165, 1.54) is 45.1 Å². The van der Waals surface area contributed by atoms with Gasteiger partial charge in [-0.05, 0) is 50.5 Å². The number of nitrogens with one attached hydrogen (secondary N) is 1. The lowest BCUT2D eigenvalue weighted by Gasteiger charge is -2.26. The molecule has 2 aliphatic carbocycles. The van der Waals surface area contributed by atoms with E-state index in [9.17, 15) is 0 Å². The molecular formula is C12H24N2. The van der Waals surface area contributed by atoms with Gasteiger partial charge in [0.05, 0.1) is 0 Å². The molecule has 2 unspecified atom stereocenters. The Labute approximate surface area is 87.6 Å². The van der Waals surface area contributed by atoms with Crippen LogP contribution in [0.15, 0.2) is 0 Å². The summed E-state index contributed by atoms with van der Waals surface area (Å²) in [6.07, 6.45) is 7.95. The van der Waals surface area contributed by atoms with Crippen molar-refractivity contribution in [1.29, 1.82) is 0 Å². The van der Waals surface area contributed by atoms with Crippen molar-refractivity contribution in [3.8, 4) is 0 Å². The Morgan fingerprint density at radius 2 is 1.93 bits per heavy atom. The first-order valence-electron chi connectivity index (χ1n) is 6.28. The van der Waals surface area contributed by atoms with Crippen molar-refractivity contribution >= 4 is 0 Å². The molecule has 2 heteroatoms. The van der Waals surface area contributed by atoms with E-state index < -0.39 is 0 Å². The lowest BCUT2D eigenvalue weighted by Crippen LogP contribution is -2.32. The van der Waals surface area contributed by atoms with Crippen LogP contribution in [0, 0.1) is 11.8 Å². The average molecular weight is 196 g/mol. The van der Waals surface area contributed by atoms with Gasteiger partial charge in [0.15, 0.2) is 0 Å². The molecule has 0 aliphatic heterocycles. The molecule has 0 radical (unpaired) electrons. The molecule has 0 saturated heterocycles. The molecule has 0 aromatic rings. The summed E-state index contributed by atoms with van der Waals surface area (Å²) in [6.45, 7) is 3.54. The predicted octanol–water partition coefficient (Wildman–Crippen LogP) is 1.89.